The Morgan fingerprint density at radius 3 is 2.95 bits per heavy atom. The summed E-state index contributed by atoms with van der Waals surface area (Å²) in [5.41, 5.74) is 3.46. The van der Waals surface area contributed by atoms with Crippen molar-refractivity contribution in [1.29, 1.82) is 10.5 Å². The first kappa shape index (κ1) is 12.3. The second-order valence-electron chi connectivity index (χ2n) is 4.93. The Morgan fingerprint density at radius 2 is 2.20 bits per heavy atom. The highest BCUT2D eigenvalue weighted by molar-refractivity contribution is 5.61. The molecule has 0 aliphatic carbocycles. The van der Waals surface area contributed by atoms with Crippen molar-refractivity contribution in [2.75, 3.05) is 13.1 Å². The topological polar surface area (TPSA) is 79.5 Å². The van der Waals surface area contributed by atoms with Crippen molar-refractivity contribution in [3.8, 4) is 23.5 Å². The lowest BCUT2D eigenvalue weighted by Crippen LogP contribution is -2.12. The highest BCUT2D eigenvalue weighted by Crippen LogP contribution is 2.28. The summed E-state index contributed by atoms with van der Waals surface area (Å²) < 4.78 is 0. The molecule has 98 valence electrons. The number of nitrogens with zero attached hydrogens (tertiary/aromatic N) is 4. The zero-order chi connectivity index (χ0) is 13.9. The van der Waals surface area contributed by atoms with Crippen molar-refractivity contribution < 1.29 is 0 Å². The fraction of sp³-hybridized carbons (Fsp3) is 0.267. The highest BCUT2D eigenvalue weighted by Gasteiger charge is 2.24. The molecule has 1 saturated heterocycles. The molecule has 1 atom stereocenters. The molecule has 0 bridgehead atoms. The summed E-state index contributed by atoms with van der Waals surface area (Å²) in [4.78, 5) is 1.77. The number of hydrogen-bond acceptors (Lipinski definition) is 4. The molecule has 3 rings (SSSR count). The summed E-state index contributed by atoms with van der Waals surface area (Å²) in [5, 5.41) is 25.2. The third kappa shape index (κ3) is 2.22. The number of H-pyrrole nitrogens is 1. The van der Waals surface area contributed by atoms with Crippen LogP contribution in [0.5, 0.6) is 0 Å². The molecule has 1 unspecified atom stereocenters. The van der Waals surface area contributed by atoms with Crippen molar-refractivity contribution in [3.05, 3.63) is 41.6 Å². The van der Waals surface area contributed by atoms with E-state index >= 15 is 0 Å². The van der Waals surface area contributed by atoms with Crippen LogP contribution < -0.4 is 0 Å². The number of benzene rings is 1. The van der Waals surface area contributed by atoms with E-state index in [9.17, 15) is 0 Å². The third-order valence-corrected chi connectivity index (χ3v) is 3.65. The first-order valence-electron chi connectivity index (χ1n) is 6.50. The van der Waals surface area contributed by atoms with Gasteiger partial charge >= 0.3 is 0 Å². The maximum atomic E-state index is 8.93. The van der Waals surface area contributed by atoms with Crippen molar-refractivity contribution in [2.45, 2.75) is 12.3 Å². The van der Waals surface area contributed by atoms with E-state index < -0.39 is 0 Å². The van der Waals surface area contributed by atoms with E-state index in [1.807, 2.05) is 24.3 Å². The average molecular weight is 263 g/mol. The van der Waals surface area contributed by atoms with Gasteiger partial charge in [-0.3, -0.25) is 5.10 Å². The Labute approximate surface area is 117 Å². The lowest BCUT2D eigenvalue weighted by atomic mass is 10.0. The maximum Gasteiger partial charge on any atom is 0.179 e. The molecule has 0 radical (unpaired) electrons. The first-order valence-corrected chi connectivity index (χ1v) is 6.50. The van der Waals surface area contributed by atoms with E-state index in [0.29, 0.717) is 11.5 Å². The lowest BCUT2D eigenvalue weighted by molar-refractivity contribution is 0.478. The van der Waals surface area contributed by atoms with Crippen LogP contribution in [0.25, 0.3) is 11.3 Å². The van der Waals surface area contributed by atoms with Gasteiger partial charge in [-0.05, 0) is 24.6 Å². The van der Waals surface area contributed by atoms with Crippen LogP contribution >= 0.6 is 0 Å². The molecule has 0 amide bonds. The van der Waals surface area contributed by atoms with Crippen LogP contribution in [0.3, 0.4) is 0 Å². The molecule has 5 nitrogen and oxygen atoms in total. The largest absolute Gasteiger partial charge is 0.310 e. The smallest absolute Gasteiger partial charge is 0.179 e. The van der Waals surface area contributed by atoms with E-state index in [0.717, 1.165) is 36.5 Å². The molecule has 1 aromatic carbocycles. The van der Waals surface area contributed by atoms with Gasteiger partial charge in [-0.15, -0.1) is 0 Å². The summed E-state index contributed by atoms with van der Waals surface area (Å²) in [5.74, 6) is 0.329. The van der Waals surface area contributed by atoms with E-state index in [2.05, 4.69) is 22.5 Å². The minimum Gasteiger partial charge on any atom is -0.310 e. The van der Waals surface area contributed by atoms with Gasteiger partial charge in [0.05, 0.1) is 17.3 Å². The first-order chi connectivity index (χ1) is 9.80. The molecular formula is C15H13N5. The summed E-state index contributed by atoms with van der Waals surface area (Å²) in [6.07, 6.45) is 3.15. The molecule has 1 aliphatic rings. The van der Waals surface area contributed by atoms with Crippen LogP contribution in [0.15, 0.2) is 30.3 Å². The molecule has 1 fully saturated rings. The van der Waals surface area contributed by atoms with Crippen LogP contribution in [0.1, 0.15) is 23.6 Å². The van der Waals surface area contributed by atoms with Crippen LogP contribution in [0.2, 0.25) is 0 Å². The third-order valence-electron chi connectivity index (χ3n) is 3.65. The second-order valence-corrected chi connectivity index (χ2v) is 4.93. The predicted molar refractivity (Wildman–Crippen MR) is 73.3 cm³/mol. The summed E-state index contributed by atoms with van der Waals surface area (Å²) >= 11 is 0. The molecule has 2 heterocycles. The SMILES string of the molecule is N#Cc1cccc(-c2cc(C3CCN(C#N)C3)[nH]n2)c1. The number of hydrogen-bond donors (Lipinski definition) is 1. The van der Waals surface area contributed by atoms with Crippen molar-refractivity contribution in [1.82, 2.24) is 15.1 Å². The van der Waals surface area contributed by atoms with Crippen molar-refractivity contribution in [3.63, 3.8) is 0 Å². The summed E-state index contributed by atoms with van der Waals surface area (Å²) in [7, 11) is 0. The zero-order valence-electron chi connectivity index (χ0n) is 10.9. The Morgan fingerprint density at radius 1 is 1.30 bits per heavy atom. The minimum atomic E-state index is 0.329. The quantitative estimate of drug-likeness (QED) is 0.842. The van der Waals surface area contributed by atoms with Crippen LogP contribution in [-0.2, 0) is 0 Å². The average Bonchev–Trinajstić information content (AvgIpc) is 3.15. The molecule has 5 heteroatoms. The Kier molecular flexibility index (Phi) is 3.10. The highest BCUT2D eigenvalue weighted by atomic mass is 15.2. The van der Waals surface area contributed by atoms with Gasteiger partial charge in [0, 0.05) is 30.3 Å². The van der Waals surface area contributed by atoms with Crippen LogP contribution in [0.4, 0.5) is 0 Å². The van der Waals surface area contributed by atoms with Gasteiger partial charge in [-0.2, -0.15) is 15.6 Å². The van der Waals surface area contributed by atoms with Crippen LogP contribution in [0, 0.1) is 22.8 Å². The van der Waals surface area contributed by atoms with Gasteiger partial charge in [0.25, 0.3) is 0 Å². The van der Waals surface area contributed by atoms with Crippen molar-refractivity contribution in [2.24, 2.45) is 0 Å². The van der Waals surface area contributed by atoms with Gasteiger partial charge in [-0.25, -0.2) is 0 Å². The van der Waals surface area contributed by atoms with Crippen LogP contribution in [-0.4, -0.2) is 28.2 Å². The fourth-order valence-corrected chi connectivity index (χ4v) is 2.55. The van der Waals surface area contributed by atoms with Gasteiger partial charge in [-0.1, -0.05) is 12.1 Å². The normalized spacial score (nSPS) is 17.7. The minimum absolute atomic E-state index is 0.329. The van der Waals surface area contributed by atoms with E-state index in [-0.39, 0.29) is 0 Å². The molecular weight excluding hydrogens is 250 g/mol. The molecule has 0 spiro atoms. The van der Waals surface area contributed by atoms with Crippen molar-refractivity contribution >= 4 is 0 Å². The monoisotopic (exact) mass is 263 g/mol. The second kappa shape index (κ2) is 5.07. The molecule has 1 aromatic heterocycles. The Hall–Kier alpha value is -2.79. The van der Waals surface area contributed by atoms with E-state index in [1.54, 1.807) is 11.0 Å². The molecule has 20 heavy (non-hydrogen) atoms. The predicted octanol–water partition coefficient (Wildman–Crippen LogP) is 2.22. The standard InChI is InChI=1S/C15H13N5/c16-8-11-2-1-3-12(6-11)14-7-15(19-18-14)13-4-5-20(9-13)10-17/h1-3,6-7,13H,4-5,9H2,(H,18,19). The number of aromatic amines is 1. The fourth-order valence-electron chi connectivity index (χ4n) is 2.55. The molecule has 0 saturated carbocycles. The zero-order valence-corrected chi connectivity index (χ0v) is 10.9. The molecule has 1 N–H and O–H groups in total. The molecule has 2 aromatic rings. The van der Waals surface area contributed by atoms with Gasteiger partial charge in [0.15, 0.2) is 6.19 Å². The number of nitriles is 2. The molecule has 1 aliphatic heterocycles. The van der Waals surface area contributed by atoms with Gasteiger partial charge < -0.3 is 4.90 Å². The Balaban J connectivity index is 1.84. The lowest BCUT2D eigenvalue weighted by Gasteiger charge is -2.06. The number of likely N-dealkylation sites (tertiary alicyclic amines) is 1. The number of nitrogens with one attached hydrogen (secondary N) is 1. The van der Waals surface area contributed by atoms with Gasteiger partial charge in [0.2, 0.25) is 0 Å². The number of aromatic nitrogens is 2. The van der Waals surface area contributed by atoms with E-state index in [1.165, 1.54) is 0 Å². The van der Waals surface area contributed by atoms with E-state index in [4.69, 9.17) is 10.5 Å². The maximum absolute atomic E-state index is 8.93. The van der Waals surface area contributed by atoms with Gasteiger partial charge in [0.1, 0.15) is 0 Å². The number of rotatable bonds is 2. The Bertz CT molecular complexity index is 704. The summed E-state index contributed by atoms with van der Waals surface area (Å²) in [6.45, 7) is 1.55. The summed E-state index contributed by atoms with van der Waals surface area (Å²) in [6, 6.07) is 11.6.